The van der Waals surface area contributed by atoms with E-state index in [2.05, 4.69) is 20.4 Å². The molecule has 0 amide bonds. The second-order valence-corrected chi connectivity index (χ2v) is 7.56. The summed E-state index contributed by atoms with van der Waals surface area (Å²) in [7, 11) is 0. The van der Waals surface area contributed by atoms with E-state index < -0.39 is 24.1 Å². The molecule has 0 fully saturated rings. The van der Waals surface area contributed by atoms with Crippen LogP contribution in [0.1, 0.15) is 70.3 Å². The highest BCUT2D eigenvalue weighted by Gasteiger charge is 2.20. The van der Waals surface area contributed by atoms with Crippen molar-refractivity contribution in [3.05, 3.63) is 83.2 Å². The number of aromatic nitrogens is 4. The van der Waals surface area contributed by atoms with E-state index in [0.29, 0.717) is 34.4 Å². The summed E-state index contributed by atoms with van der Waals surface area (Å²) in [5.41, 5.74) is 0.674. The summed E-state index contributed by atoms with van der Waals surface area (Å²) in [5.74, 6) is 1.16. The van der Waals surface area contributed by atoms with E-state index in [1.165, 1.54) is 0 Å². The summed E-state index contributed by atoms with van der Waals surface area (Å²) >= 11 is 0. The topological polar surface area (TPSA) is 140 Å². The van der Waals surface area contributed by atoms with Gasteiger partial charge < -0.3 is 23.0 Å². The van der Waals surface area contributed by atoms with Gasteiger partial charge in [-0.15, -0.1) is 20.4 Å². The van der Waals surface area contributed by atoms with Crippen LogP contribution >= 0.6 is 0 Å². The molecule has 0 aliphatic carbocycles. The predicted octanol–water partition coefficient (Wildman–Crippen LogP) is 4.70. The Morgan fingerprint density at radius 3 is 1.34 bits per heavy atom. The molecule has 11 nitrogen and oxygen atoms in total. The zero-order valence-electron chi connectivity index (χ0n) is 19.4. The van der Waals surface area contributed by atoms with Crippen LogP contribution in [0.3, 0.4) is 0 Å². The van der Waals surface area contributed by atoms with E-state index >= 15 is 0 Å². The van der Waals surface area contributed by atoms with Crippen molar-refractivity contribution in [3.63, 3.8) is 0 Å². The van der Waals surface area contributed by atoms with Crippen molar-refractivity contribution in [1.29, 1.82) is 0 Å². The monoisotopic (exact) mass is 478 g/mol. The second-order valence-electron chi connectivity index (χ2n) is 7.56. The normalized spacial score (nSPS) is 12.6. The van der Waals surface area contributed by atoms with E-state index in [9.17, 15) is 9.59 Å². The minimum Gasteiger partial charge on any atom is -0.457 e. The molecule has 4 rings (SSSR count). The summed E-state index contributed by atoms with van der Waals surface area (Å²) in [6.07, 6.45) is -1.35. The third-order valence-electron chi connectivity index (χ3n) is 4.76. The first kappa shape index (κ1) is 23.6. The van der Waals surface area contributed by atoms with Crippen molar-refractivity contribution >= 4 is 11.9 Å². The summed E-state index contributed by atoms with van der Waals surface area (Å²) in [6, 6.07) is 12.8. The maximum atomic E-state index is 12.4. The van der Waals surface area contributed by atoms with Gasteiger partial charge >= 0.3 is 11.9 Å². The van der Waals surface area contributed by atoms with Gasteiger partial charge in [0.2, 0.25) is 11.8 Å². The maximum absolute atomic E-state index is 12.4. The van der Waals surface area contributed by atoms with Crippen molar-refractivity contribution in [3.8, 4) is 11.5 Å². The lowest BCUT2D eigenvalue weighted by Gasteiger charge is -2.11. The molecule has 0 N–H and O–H groups in total. The number of esters is 2. The quantitative estimate of drug-likeness (QED) is 0.325. The van der Waals surface area contributed by atoms with Crippen LogP contribution in [0.4, 0.5) is 0 Å². The Labute approximate surface area is 200 Å². The van der Waals surface area contributed by atoms with Gasteiger partial charge in [0.15, 0.2) is 12.2 Å². The maximum Gasteiger partial charge on any atom is 0.338 e. The van der Waals surface area contributed by atoms with Gasteiger partial charge in [-0.05, 0) is 62.4 Å². The molecule has 180 valence electrons. The van der Waals surface area contributed by atoms with E-state index in [1.54, 1.807) is 76.2 Å². The first-order valence-corrected chi connectivity index (χ1v) is 10.7. The van der Waals surface area contributed by atoms with Gasteiger partial charge in [-0.1, -0.05) is 0 Å². The third-order valence-corrected chi connectivity index (χ3v) is 4.76. The minimum atomic E-state index is -0.677. The van der Waals surface area contributed by atoms with Crippen LogP contribution in [0.15, 0.2) is 57.4 Å². The summed E-state index contributed by atoms with van der Waals surface area (Å²) in [6.45, 7) is 6.60. The number of benzene rings is 2. The molecule has 0 saturated heterocycles. The van der Waals surface area contributed by atoms with Crippen LogP contribution < -0.4 is 4.74 Å². The molecule has 0 saturated carbocycles. The van der Waals surface area contributed by atoms with E-state index in [1.807, 2.05) is 0 Å². The summed E-state index contributed by atoms with van der Waals surface area (Å²) in [4.78, 5) is 24.7. The summed E-state index contributed by atoms with van der Waals surface area (Å²) < 4.78 is 27.0. The molecule has 2 aromatic carbocycles. The number of carbonyl (C=O) groups is 2. The summed E-state index contributed by atoms with van der Waals surface area (Å²) in [5, 5.41) is 15.1. The van der Waals surface area contributed by atoms with Gasteiger partial charge in [0.05, 0.1) is 11.1 Å². The first-order valence-electron chi connectivity index (χ1n) is 10.7. The molecule has 11 heteroatoms. The molecule has 0 radical (unpaired) electrons. The number of aryl methyl sites for hydroxylation is 2. The number of nitrogens with zero attached hydrogens (tertiary/aromatic N) is 4. The lowest BCUT2D eigenvalue weighted by atomic mass is 10.2. The predicted molar refractivity (Wildman–Crippen MR) is 119 cm³/mol. The first-order chi connectivity index (χ1) is 16.8. The Morgan fingerprint density at radius 1 is 0.657 bits per heavy atom. The van der Waals surface area contributed by atoms with E-state index in [4.69, 9.17) is 23.0 Å². The molecule has 35 heavy (non-hydrogen) atoms. The Bertz CT molecular complexity index is 1210. The molecule has 0 bridgehead atoms. The smallest absolute Gasteiger partial charge is 0.338 e. The second kappa shape index (κ2) is 10.2. The highest BCUT2D eigenvalue weighted by atomic mass is 16.6. The van der Waals surface area contributed by atoms with Crippen molar-refractivity contribution < 1.29 is 32.6 Å². The van der Waals surface area contributed by atoms with Gasteiger partial charge in [0.25, 0.3) is 11.8 Å². The zero-order valence-corrected chi connectivity index (χ0v) is 19.4. The molecule has 0 aliphatic rings. The van der Waals surface area contributed by atoms with Crippen LogP contribution in [-0.4, -0.2) is 32.3 Å². The third kappa shape index (κ3) is 5.88. The van der Waals surface area contributed by atoms with Gasteiger partial charge in [0, 0.05) is 13.8 Å². The molecular formula is C24H22N4O7. The fourth-order valence-electron chi connectivity index (χ4n) is 2.96. The molecule has 0 aliphatic heterocycles. The van der Waals surface area contributed by atoms with Crippen LogP contribution in [0.2, 0.25) is 0 Å². The van der Waals surface area contributed by atoms with Gasteiger partial charge in [-0.25, -0.2) is 9.59 Å². The van der Waals surface area contributed by atoms with Crippen LogP contribution in [0.25, 0.3) is 0 Å². The minimum absolute atomic E-state index is 0.224. The Kier molecular flexibility index (Phi) is 6.86. The lowest BCUT2D eigenvalue weighted by molar-refractivity contribution is 0.0269. The standard InChI is InChI=1S/C24H22N4O7/c1-13(21-27-25-15(3)33-21)31-23(29)17-5-9-19(10-6-17)35-20-11-7-18(8-12-20)24(30)32-14(2)22-28-26-16(4)34-22/h5-14H,1-4H3. The fraction of sp³-hybridized carbons (Fsp3) is 0.250. The molecule has 0 spiro atoms. The van der Waals surface area contributed by atoms with E-state index in [-0.39, 0.29) is 11.8 Å². The molecule has 4 aromatic rings. The SMILES string of the molecule is Cc1nnc(C(C)OC(=O)c2ccc(Oc3ccc(C(=O)OC(C)c4nnc(C)o4)cc3)cc2)o1. The van der Waals surface area contributed by atoms with Gasteiger partial charge in [-0.3, -0.25) is 0 Å². The van der Waals surface area contributed by atoms with Crippen molar-refractivity contribution in [2.75, 3.05) is 0 Å². The Balaban J connectivity index is 1.32. The lowest BCUT2D eigenvalue weighted by Crippen LogP contribution is -2.09. The average molecular weight is 478 g/mol. The number of ether oxygens (including phenoxy) is 3. The van der Waals surface area contributed by atoms with E-state index in [0.717, 1.165) is 0 Å². The zero-order chi connectivity index (χ0) is 24.9. The average Bonchev–Trinajstić information content (AvgIpc) is 3.48. The molecule has 2 unspecified atom stereocenters. The molecule has 2 aromatic heterocycles. The van der Waals surface area contributed by atoms with Crippen molar-refractivity contribution in [2.45, 2.75) is 39.9 Å². The van der Waals surface area contributed by atoms with Gasteiger partial charge in [0.1, 0.15) is 11.5 Å². The van der Waals surface area contributed by atoms with Crippen LogP contribution in [-0.2, 0) is 9.47 Å². The Hall–Kier alpha value is -4.54. The van der Waals surface area contributed by atoms with Gasteiger partial charge in [-0.2, -0.15) is 0 Å². The number of hydrogen-bond acceptors (Lipinski definition) is 11. The van der Waals surface area contributed by atoms with Crippen LogP contribution in [0.5, 0.6) is 11.5 Å². The van der Waals surface area contributed by atoms with Crippen LogP contribution in [0, 0.1) is 13.8 Å². The highest BCUT2D eigenvalue weighted by molar-refractivity contribution is 5.90. The van der Waals surface area contributed by atoms with Crippen molar-refractivity contribution in [1.82, 2.24) is 20.4 Å². The molecular weight excluding hydrogens is 456 g/mol. The largest absolute Gasteiger partial charge is 0.457 e. The molecule has 2 heterocycles. The molecule has 2 atom stereocenters. The number of rotatable bonds is 8. The Morgan fingerprint density at radius 2 is 1.03 bits per heavy atom. The highest BCUT2D eigenvalue weighted by Crippen LogP contribution is 2.24. The van der Waals surface area contributed by atoms with Crippen molar-refractivity contribution in [2.24, 2.45) is 0 Å². The fourth-order valence-corrected chi connectivity index (χ4v) is 2.96. The number of carbonyl (C=O) groups excluding carboxylic acids is 2. The number of hydrogen-bond donors (Lipinski definition) is 0.